The van der Waals surface area contributed by atoms with Crippen LogP contribution in [0.1, 0.15) is 0 Å². The maximum Gasteiger partial charge on any atom is 0.325 e. The van der Waals surface area contributed by atoms with Gasteiger partial charge in [-0.15, -0.1) is 0 Å². The van der Waals surface area contributed by atoms with Crippen LogP contribution in [-0.4, -0.2) is 37.0 Å². The van der Waals surface area contributed by atoms with E-state index >= 15 is 0 Å². The van der Waals surface area contributed by atoms with Crippen LogP contribution in [0, 0.1) is 0 Å². The highest BCUT2D eigenvalue weighted by molar-refractivity contribution is 7.16. The second-order valence-corrected chi connectivity index (χ2v) is 8.03. The van der Waals surface area contributed by atoms with Gasteiger partial charge >= 0.3 is 5.97 Å². The summed E-state index contributed by atoms with van der Waals surface area (Å²) in [6, 6.07) is 17.1. The van der Waals surface area contributed by atoms with Crippen molar-refractivity contribution in [1.82, 2.24) is 4.57 Å². The molecule has 1 aromatic heterocycles. The smallest absolute Gasteiger partial charge is 0.325 e. The lowest BCUT2D eigenvalue weighted by molar-refractivity contribution is -0.141. The van der Waals surface area contributed by atoms with E-state index in [0.29, 0.717) is 27.6 Å². The highest BCUT2D eigenvalue weighted by Crippen LogP contribution is 2.37. The molecule has 0 spiro atoms. The van der Waals surface area contributed by atoms with E-state index < -0.39 is 11.9 Å². The standard InChI is InChI=1S/C23H18N2O6S/c1-28-22(27)11-25-17-9-18-19(31-13-30-18)10-20(17)32-23(25)24-21(26)12-29-16-7-6-14-4-2-3-5-15(14)8-16/h2-10H,11-13H2,1H3. The van der Waals surface area contributed by atoms with Crippen LogP contribution in [0.2, 0.25) is 0 Å². The van der Waals surface area contributed by atoms with Crippen LogP contribution in [0.4, 0.5) is 0 Å². The zero-order valence-electron chi connectivity index (χ0n) is 17.1. The SMILES string of the molecule is COC(=O)Cn1c(=NC(=O)COc2ccc3ccccc3c2)sc2cc3c(cc21)OCO3. The van der Waals surface area contributed by atoms with Gasteiger partial charge in [-0.1, -0.05) is 41.7 Å². The summed E-state index contributed by atoms with van der Waals surface area (Å²) >= 11 is 1.27. The van der Waals surface area contributed by atoms with Gasteiger partial charge in [0, 0.05) is 12.1 Å². The van der Waals surface area contributed by atoms with Crippen molar-refractivity contribution in [2.24, 2.45) is 4.99 Å². The second-order valence-electron chi connectivity index (χ2n) is 7.02. The molecule has 4 aromatic rings. The number of hydrogen-bond donors (Lipinski definition) is 0. The zero-order chi connectivity index (χ0) is 22.1. The average molecular weight is 450 g/mol. The summed E-state index contributed by atoms with van der Waals surface area (Å²) in [5.41, 5.74) is 0.701. The molecule has 0 atom stereocenters. The molecule has 9 heteroatoms. The monoisotopic (exact) mass is 450 g/mol. The van der Waals surface area contributed by atoms with E-state index in [9.17, 15) is 9.59 Å². The molecule has 1 aliphatic heterocycles. The Morgan fingerprint density at radius 2 is 1.84 bits per heavy atom. The molecule has 0 bridgehead atoms. The fourth-order valence-corrected chi connectivity index (χ4v) is 4.49. The number of carbonyl (C=O) groups excluding carboxylic acids is 2. The molecule has 3 aromatic carbocycles. The minimum Gasteiger partial charge on any atom is -0.484 e. The quantitative estimate of drug-likeness (QED) is 0.434. The minimum atomic E-state index is -0.469. The number of fused-ring (bicyclic) bond motifs is 3. The number of benzene rings is 3. The Morgan fingerprint density at radius 1 is 1.06 bits per heavy atom. The number of hydrogen-bond acceptors (Lipinski definition) is 7. The number of carbonyl (C=O) groups is 2. The van der Waals surface area contributed by atoms with E-state index in [1.54, 1.807) is 10.6 Å². The molecule has 0 unspecified atom stereocenters. The number of thiazole rings is 1. The summed E-state index contributed by atoms with van der Waals surface area (Å²) in [5, 5.41) is 2.11. The average Bonchev–Trinajstić information content (AvgIpc) is 3.39. The molecular weight excluding hydrogens is 432 g/mol. The summed E-state index contributed by atoms with van der Waals surface area (Å²) in [6.45, 7) is -0.174. The second kappa shape index (κ2) is 8.35. The highest BCUT2D eigenvalue weighted by Gasteiger charge is 2.19. The Hall–Kier alpha value is -3.85. The molecule has 8 nitrogen and oxygen atoms in total. The van der Waals surface area contributed by atoms with Crippen molar-refractivity contribution in [2.75, 3.05) is 20.5 Å². The maximum absolute atomic E-state index is 12.6. The maximum atomic E-state index is 12.6. The van der Waals surface area contributed by atoms with Crippen molar-refractivity contribution < 1.29 is 28.5 Å². The molecule has 1 aliphatic rings. The fraction of sp³-hybridized carbons (Fsp3) is 0.174. The molecule has 0 saturated carbocycles. The zero-order valence-corrected chi connectivity index (χ0v) is 17.9. The molecule has 0 saturated heterocycles. The van der Waals surface area contributed by atoms with Gasteiger partial charge in [0.1, 0.15) is 12.3 Å². The van der Waals surface area contributed by atoms with E-state index in [1.165, 1.54) is 18.4 Å². The first kappa shape index (κ1) is 20.1. The first-order valence-corrected chi connectivity index (χ1v) is 10.6. The van der Waals surface area contributed by atoms with Gasteiger partial charge in [-0.05, 0) is 22.9 Å². The number of nitrogens with zero attached hydrogens (tertiary/aromatic N) is 2. The molecule has 0 N–H and O–H groups in total. The van der Waals surface area contributed by atoms with Crippen molar-refractivity contribution in [3.05, 3.63) is 59.4 Å². The molecule has 0 fully saturated rings. The largest absolute Gasteiger partial charge is 0.484 e. The van der Waals surface area contributed by atoms with Crippen LogP contribution in [-0.2, 0) is 20.9 Å². The Labute approximate surface area is 186 Å². The molecule has 5 rings (SSSR count). The molecule has 32 heavy (non-hydrogen) atoms. The van der Waals surface area contributed by atoms with Gasteiger partial charge in [0.2, 0.25) is 6.79 Å². The Morgan fingerprint density at radius 3 is 2.66 bits per heavy atom. The highest BCUT2D eigenvalue weighted by atomic mass is 32.1. The number of rotatable bonds is 5. The number of methoxy groups -OCH3 is 1. The van der Waals surface area contributed by atoms with Gasteiger partial charge in [0.05, 0.1) is 17.3 Å². The lowest BCUT2D eigenvalue weighted by Gasteiger charge is -2.06. The summed E-state index contributed by atoms with van der Waals surface area (Å²) in [4.78, 5) is 29.1. The lowest BCUT2D eigenvalue weighted by Crippen LogP contribution is -2.23. The number of amides is 1. The van der Waals surface area contributed by atoms with Gasteiger partial charge in [-0.3, -0.25) is 9.59 Å². The van der Waals surface area contributed by atoms with Crippen molar-refractivity contribution in [1.29, 1.82) is 0 Å². The normalized spacial score (nSPS) is 13.0. The molecule has 162 valence electrons. The van der Waals surface area contributed by atoms with Gasteiger partial charge in [-0.2, -0.15) is 4.99 Å². The van der Waals surface area contributed by atoms with E-state index in [-0.39, 0.29) is 19.9 Å². The first-order chi connectivity index (χ1) is 15.6. The van der Waals surface area contributed by atoms with Gasteiger partial charge in [0.25, 0.3) is 5.91 Å². The molecule has 2 heterocycles. The van der Waals surface area contributed by atoms with E-state index in [2.05, 4.69) is 4.99 Å². The third kappa shape index (κ3) is 3.90. The van der Waals surface area contributed by atoms with Crippen molar-refractivity contribution in [2.45, 2.75) is 6.54 Å². The van der Waals surface area contributed by atoms with Gasteiger partial charge in [0.15, 0.2) is 22.9 Å². The summed E-state index contributed by atoms with van der Waals surface area (Å²) in [7, 11) is 1.31. The number of aromatic nitrogens is 1. The summed E-state index contributed by atoms with van der Waals surface area (Å²) in [5.74, 6) is 0.844. The third-order valence-electron chi connectivity index (χ3n) is 5.00. The number of esters is 1. The van der Waals surface area contributed by atoms with Crippen LogP contribution < -0.4 is 19.0 Å². The Kier molecular flexibility index (Phi) is 5.24. The van der Waals surface area contributed by atoms with E-state index in [0.717, 1.165) is 15.5 Å². The van der Waals surface area contributed by atoms with Crippen molar-refractivity contribution in [3.8, 4) is 17.2 Å². The minimum absolute atomic E-state index is 0.0895. The van der Waals surface area contributed by atoms with Crippen LogP contribution >= 0.6 is 11.3 Å². The van der Waals surface area contributed by atoms with Crippen molar-refractivity contribution >= 4 is 44.2 Å². The molecule has 1 amide bonds. The molecule has 0 aliphatic carbocycles. The van der Waals surface area contributed by atoms with Crippen LogP contribution in [0.3, 0.4) is 0 Å². The molecule has 0 radical (unpaired) electrons. The Balaban J connectivity index is 1.43. The third-order valence-corrected chi connectivity index (χ3v) is 6.04. The lowest BCUT2D eigenvalue weighted by atomic mass is 10.1. The first-order valence-electron chi connectivity index (χ1n) is 9.80. The van der Waals surface area contributed by atoms with Gasteiger partial charge in [-0.25, -0.2) is 0 Å². The van der Waals surface area contributed by atoms with Gasteiger partial charge < -0.3 is 23.5 Å². The van der Waals surface area contributed by atoms with Crippen LogP contribution in [0.5, 0.6) is 17.2 Å². The van der Waals surface area contributed by atoms with E-state index in [1.807, 2.05) is 48.5 Å². The van der Waals surface area contributed by atoms with Crippen molar-refractivity contribution in [3.63, 3.8) is 0 Å². The summed E-state index contributed by atoms with van der Waals surface area (Å²) in [6.07, 6.45) is 0. The Bertz CT molecular complexity index is 1420. The number of ether oxygens (including phenoxy) is 4. The topological polar surface area (TPSA) is 88.4 Å². The predicted octanol–water partition coefficient (Wildman–Crippen LogP) is 3.26. The van der Waals surface area contributed by atoms with Crippen LogP contribution in [0.25, 0.3) is 21.0 Å². The predicted molar refractivity (Wildman–Crippen MR) is 118 cm³/mol. The molecular formula is C23H18N2O6S. The summed E-state index contributed by atoms with van der Waals surface area (Å²) < 4.78 is 23.7. The van der Waals surface area contributed by atoms with E-state index in [4.69, 9.17) is 18.9 Å². The van der Waals surface area contributed by atoms with Crippen LogP contribution in [0.15, 0.2) is 59.6 Å². The fourth-order valence-electron chi connectivity index (χ4n) is 3.43.